The number of carbonyl (C=O) groups is 1. The van der Waals surface area contributed by atoms with E-state index in [1.54, 1.807) is 40.7 Å². The van der Waals surface area contributed by atoms with Crippen LogP contribution in [0.1, 0.15) is 20.9 Å². The van der Waals surface area contributed by atoms with Crippen LogP contribution in [0.2, 0.25) is 0 Å². The van der Waals surface area contributed by atoms with Crippen molar-refractivity contribution in [2.24, 2.45) is 0 Å². The van der Waals surface area contributed by atoms with Gasteiger partial charge in [0.15, 0.2) is 0 Å². The van der Waals surface area contributed by atoms with Crippen LogP contribution in [0.15, 0.2) is 74.9 Å². The largest absolute Gasteiger partial charge is 0.443 e. The quantitative estimate of drug-likeness (QED) is 0.396. The molecule has 0 saturated carbocycles. The third-order valence-corrected chi connectivity index (χ3v) is 6.83. The molecule has 1 N–H and O–H groups in total. The lowest BCUT2D eigenvalue weighted by molar-refractivity contribution is 0.0947. The van der Waals surface area contributed by atoms with E-state index in [4.69, 9.17) is 4.42 Å². The van der Waals surface area contributed by atoms with Crippen molar-refractivity contribution in [1.29, 1.82) is 0 Å². The molecule has 0 saturated heterocycles. The topological polar surface area (TPSA) is 55.1 Å². The van der Waals surface area contributed by atoms with Gasteiger partial charge < -0.3 is 9.73 Å². The summed E-state index contributed by atoms with van der Waals surface area (Å²) in [6.45, 7) is 0.331. The molecule has 4 aromatic rings. The first-order chi connectivity index (χ1) is 13.3. The van der Waals surface area contributed by atoms with Gasteiger partial charge in [0.1, 0.15) is 6.26 Å². The number of hydrogen-bond donors (Lipinski definition) is 1. The number of oxazole rings is 1. The molecule has 0 unspecified atom stereocenters. The third kappa shape index (κ3) is 4.50. The van der Waals surface area contributed by atoms with Crippen molar-refractivity contribution in [1.82, 2.24) is 10.3 Å². The normalized spacial score (nSPS) is 10.8. The average Bonchev–Trinajstić information content (AvgIpc) is 3.47. The van der Waals surface area contributed by atoms with Crippen LogP contribution < -0.4 is 5.32 Å². The molecule has 3 heterocycles. The Morgan fingerprint density at radius 2 is 1.93 bits per heavy atom. The van der Waals surface area contributed by atoms with Crippen LogP contribution in [0.25, 0.3) is 10.8 Å². The minimum Gasteiger partial charge on any atom is -0.443 e. The van der Waals surface area contributed by atoms with Gasteiger partial charge >= 0.3 is 0 Å². The predicted molar refractivity (Wildman–Crippen MR) is 111 cm³/mol. The number of nitrogens with one attached hydrogen (secondary N) is 1. The molecular weight excluding hydrogens is 396 g/mol. The first kappa shape index (κ1) is 18.0. The number of rotatable bonds is 7. The van der Waals surface area contributed by atoms with Crippen molar-refractivity contribution in [2.45, 2.75) is 17.2 Å². The van der Waals surface area contributed by atoms with E-state index in [0.29, 0.717) is 23.7 Å². The molecule has 7 heteroatoms. The van der Waals surface area contributed by atoms with E-state index in [0.717, 1.165) is 15.5 Å². The zero-order valence-corrected chi connectivity index (χ0v) is 16.7. The monoisotopic (exact) mass is 412 g/mol. The molecule has 4 rings (SSSR count). The van der Waals surface area contributed by atoms with Crippen molar-refractivity contribution >= 4 is 40.3 Å². The summed E-state index contributed by atoms with van der Waals surface area (Å²) in [5.41, 5.74) is 1.39. The fourth-order valence-electron chi connectivity index (χ4n) is 2.49. The molecule has 27 heavy (non-hydrogen) atoms. The highest BCUT2D eigenvalue weighted by Gasteiger charge is 2.13. The van der Waals surface area contributed by atoms with Crippen molar-refractivity contribution in [3.63, 3.8) is 0 Å². The minimum atomic E-state index is -0.107. The molecule has 0 fully saturated rings. The Hall–Kier alpha value is -2.35. The van der Waals surface area contributed by atoms with Crippen LogP contribution >= 0.6 is 34.4 Å². The Morgan fingerprint density at radius 1 is 1.07 bits per heavy atom. The van der Waals surface area contributed by atoms with Gasteiger partial charge in [0.2, 0.25) is 5.89 Å². The Labute approximate surface area is 169 Å². The number of nitrogens with zero attached hydrogens (tertiary/aromatic N) is 1. The lowest BCUT2D eigenvalue weighted by Crippen LogP contribution is -2.23. The number of hydrogen-bond acceptors (Lipinski definition) is 6. The number of carbonyl (C=O) groups excluding carboxylic acids is 1. The molecule has 1 aromatic carbocycles. The van der Waals surface area contributed by atoms with E-state index >= 15 is 0 Å². The van der Waals surface area contributed by atoms with Crippen LogP contribution in [0, 0.1) is 0 Å². The van der Waals surface area contributed by atoms with Crippen molar-refractivity contribution in [2.75, 3.05) is 0 Å². The highest BCUT2D eigenvalue weighted by Crippen LogP contribution is 2.28. The SMILES string of the molecule is O=C(NCc1coc(-c2cccs2)n1)c1ccccc1SCc1cccs1. The molecule has 0 atom stereocenters. The fourth-order valence-corrected chi connectivity index (χ4v) is 4.97. The number of thiophene rings is 2. The van der Waals surface area contributed by atoms with Gasteiger partial charge in [0.05, 0.1) is 22.7 Å². The van der Waals surface area contributed by atoms with Crippen molar-refractivity contribution < 1.29 is 9.21 Å². The van der Waals surface area contributed by atoms with Crippen LogP contribution in [0.4, 0.5) is 0 Å². The molecular formula is C20H16N2O2S3. The van der Waals surface area contributed by atoms with E-state index in [1.165, 1.54) is 4.88 Å². The van der Waals surface area contributed by atoms with Crippen molar-refractivity contribution in [3.05, 3.63) is 81.7 Å². The van der Waals surface area contributed by atoms with Crippen molar-refractivity contribution in [3.8, 4) is 10.8 Å². The minimum absolute atomic E-state index is 0.107. The summed E-state index contributed by atoms with van der Waals surface area (Å²) in [7, 11) is 0. The second-order valence-electron chi connectivity index (χ2n) is 5.67. The summed E-state index contributed by atoms with van der Waals surface area (Å²) in [5.74, 6) is 1.33. The van der Waals surface area contributed by atoms with Gasteiger partial charge in [-0.1, -0.05) is 24.3 Å². The van der Waals surface area contributed by atoms with Crippen LogP contribution in [-0.2, 0) is 12.3 Å². The second kappa shape index (κ2) is 8.56. The maximum atomic E-state index is 12.7. The zero-order valence-electron chi connectivity index (χ0n) is 14.3. The number of thioether (sulfide) groups is 1. The molecule has 0 spiro atoms. The van der Waals surface area contributed by atoms with E-state index in [-0.39, 0.29) is 5.91 Å². The number of amides is 1. The Bertz CT molecular complexity index is 1010. The van der Waals surface area contributed by atoms with Gasteiger partial charge in [-0.3, -0.25) is 4.79 Å². The molecule has 0 aliphatic carbocycles. The van der Waals surface area contributed by atoms with Gasteiger partial charge in [0.25, 0.3) is 5.91 Å². The van der Waals surface area contributed by atoms with Gasteiger partial charge in [-0.05, 0) is 35.0 Å². The van der Waals surface area contributed by atoms with Crippen LogP contribution in [-0.4, -0.2) is 10.9 Å². The molecule has 0 radical (unpaired) electrons. The fraction of sp³-hybridized carbons (Fsp3) is 0.100. The summed E-state index contributed by atoms with van der Waals surface area (Å²) < 4.78 is 5.50. The Balaban J connectivity index is 1.39. The van der Waals surface area contributed by atoms with Crippen LogP contribution in [0.5, 0.6) is 0 Å². The van der Waals surface area contributed by atoms with E-state index in [9.17, 15) is 4.79 Å². The highest BCUT2D eigenvalue weighted by molar-refractivity contribution is 7.98. The summed E-state index contributed by atoms with van der Waals surface area (Å²) in [6.07, 6.45) is 1.59. The lowest BCUT2D eigenvalue weighted by atomic mass is 10.2. The number of benzene rings is 1. The van der Waals surface area contributed by atoms with Gasteiger partial charge in [-0.25, -0.2) is 4.98 Å². The van der Waals surface area contributed by atoms with E-state index in [1.807, 2.05) is 47.8 Å². The molecule has 3 aromatic heterocycles. The molecule has 0 bridgehead atoms. The molecule has 1 amide bonds. The summed E-state index contributed by atoms with van der Waals surface area (Å²) in [5, 5.41) is 6.98. The lowest BCUT2D eigenvalue weighted by Gasteiger charge is -2.08. The highest BCUT2D eigenvalue weighted by atomic mass is 32.2. The smallest absolute Gasteiger partial charge is 0.252 e. The second-order valence-corrected chi connectivity index (χ2v) is 8.67. The van der Waals surface area contributed by atoms with Gasteiger partial charge in [-0.15, -0.1) is 34.4 Å². The number of aromatic nitrogens is 1. The Kier molecular flexibility index (Phi) is 5.72. The zero-order chi connectivity index (χ0) is 18.5. The first-order valence-corrected chi connectivity index (χ1v) is 11.0. The maximum Gasteiger partial charge on any atom is 0.252 e. The summed E-state index contributed by atoms with van der Waals surface area (Å²) in [4.78, 5) is 20.3. The standard InChI is InChI=1S/C20H16N2O2S3/c23-19(21-11-14-12-24-20(22-14)18-8-4-10-26-18)16-6-1-2-7-17(16)27-13-15-5-3-9-25-15/h1-10,12H,11,13H2,(H,21,23). The van der Waals surface area contributed by atoms with Gasteiger partial charge in [-0.2, -0.15) is 0 Å². The van der Waals surface area contributed by atoms with Gasteiger partial charge in [0, 0.05) is 15.5 Å². The molecule has 136 valence electrons. The van der Waals surface area contributed by atoms with Crippen LogP contribution in [0.3, 0.4) is 0 Å². The predicted octanol–water partition coefficient (Wildman–Crippen LogP) is 5.69. The van der Waals surface area contributed by atoms with E-state index < -0.39 is 0 Å². The molecule has 0 aliphatic rings. The third-order valence-electron chi connectivity index (χ3n) is 3.80. The molecule has 0 aliphatic heterocycles. The van der Waals surface area contributed by atoms with E-state index in [2.05, 4.69) is 21.7 Å². The average molecular weight is 413 g/mol. The maximum absolute atomic E-state index is 12.7. The molecule has 4 nitrogen and oxygen atoms in total. The Morgan fingerprint density at radius 3 is 2.74 bits per heavy atom. The first-order valence-electron chi connectivity index (χ1n) is 8.30. The summed E-state index contributed by atoms with van der Waals surface area (Å²) in [6, 6.07) is 15.7. The summed E-state index contributed by atoms with van der Waals surface area (Å²) >= 11 is 4.97.